The van der Waals surface area contributed by atoms with E-state index in [2.05, 4.69) is 4.74 Å². The van der Waals surface area contributed by atoms with Crippen LogP contribution in [0.2, 0.25) is 0 Å². The predicted molar refractivity (Wildman–Crippen MR) is 54.1 cm³/mol. The topological polar surface area (TPSA) is 9.23 Å². The molecule has 17 heavy (non-hydrogen) atoms. The van der Waals surface area contributed by atoms with Gasteiger partial charge in [-0.3, -0.25) is 0 Å². The second-order valence-electron chi connectivity index (χ2n) is 3.28. The van der Waals surface area contributed by atoms with E-state index < -0.39 is 25.1 Å². The van der Waals surface area contributed by atoms with Crippen molar-refractivity contribution in [3.05, 3.63) is 0 Å². The Hall–Kier alpha value is -0.110. The minimum Gasteiger partial charge on any atom is -0.317 e. The van der Waals surface area contributed by atoms with Crippen LogP contribution in [0, 0.1) is 0 Å². The van der Waals surface area contributed by atoms with Crippen LogP contribution in [0.15, 0.2) is 0 Å². The van der Waals surface area contributed by atoms with Crippen LogP contribution in [-0.2, 0) is 4.74 Å². The molecule has 0 aliphatic heterocycles. The van der Waals surface area contributed by atoms with Crippen LogP contribution in [0.5, 0.6) is 0 Å². The van der Waals surface area contributed by atoms with Crippen LogP contribution in [-0.4, -0.2) is 36.6 Å². The maximum Gasteiger partial charge on any atom is 0.428 e. The Bertz CT molecular complexity index is 208. The molecule has 0 aliphatic carbocycles. The molecule has 0 saturated heterocycles. The minimum atomic E-state index is -5.61. The Morgan fingerprint density at radius 3 is 2.18 bits per heavy atom. The fourth-order valence-corrected chi connectivity index (χ4v) is 1.75. The van der Waals surface area contributed by atoms with Crippen molar-refractivity contribution in [1.82, 2.24) is 0 Å². The summed E-state index contributed by atoms with van der Waals surface area (Å²) in [6, 6.07) is 0. The van der Waals surface area contributed by atoms with Gasteiger partial charge in [0.2, 0.25) is 0 Å². The van der Waals surface area contributed by atoms with Crippen molar-refractivity contribution in [2.24, 2.45) is 0 Å². The van der Waals surface area contributed by atoms with Crippen LogP contribution >= 0.6 is 11.8 Å². The lowest BCUT2D eigenvalue weighted by Crippen LogP contribution is -2.43. The molecule has 0 amide bonds. The predicted octanol–water partition coefficient (Wildman–Crippen LogP) is 4.03. The highest BCUT2D eigenvalue weighted by Crippen LogP contribution is 2.35. The zero-order valence-corrected chi connectivity index (χ0v) is 10.0. The van der Waals surface area contributed by atoms with E-state index in [0.717, 1.165) is 12.8 Å². The summed E-state index contributed by atoms with van der Waals surface area (Å²) >= 11 is 1.28. The fraction of sp³-hybridized carbons (Fsp3) is 1.00. The summed E-state index contributed by atoms with van der Waals surface area (Å²) < 4.78 is 76.1. The monoisotopic (exact) mass is 284 g/mol. The van der Waals surface area contributed by atoms with Gasteiger partial charge >= 0.3 is 12.3 Å². The Morgan fingerprint density at radius 1 is 1.12 bits per heavy atom. The van der Waals surface area contributed by atoms with E-state index in [-0.39, 0.29) is 5.75 Å². The Kier molecular flexibility index (Phi) is 7.30. The van der Waals surface area contributed by atoms with Gasteiger partial charge in [-0.2, -0.15) is 33.7 Å². The molecule has 104 valence electrons. The van der Waals surface area contributed by atoms with Crippen molar-refractivity contribution in [2.75, 3.05) is 18.1 Å². The standard InChI is InChI=1S/C9H14F6OS/c1-2-3-5-17-6-4-16-9(14,15)7(10)8(11,12)13/h7H,2-6H2,1H3. The van der Waals surface area contributed by atoms with Gasteiger partial charge in [0.1, 0.15) is 0 Å². The number of ether oxygens (including phenoxy) is 1. The molecule has 0 aromatic rings. The number of thioether (sulfide) groups is 1. The van der Waals surface area contributed by atoms with Gasteiger partial charge in [0.05, 0.1) is 6.61 Å². The number of rotatable bonds is 8. The van der Waals surface area contributed by atoms with Crippen molar-refractivity contribution in [3.8, 4) is 0 Å². The molecule has 0 aliphatic rings. The van der Waals surface area contributed by atoms with Gasteiger partial charge in [-0.25, -0.2) is 4.39 Å². The smallest absolute Gasteiger partial charge is 0.317 e. The first-order valence-electron chi connectivity index (χ1n) is 5.02. The zero-order valence-electron chi connectivity index (χ0n) is 9.20. The van der Waals surface area contributed by atoms with Crippen molar-refractivity contribution in [3.63, 3.8) is 0 Å². The third-order valence-corrected chi connectivity index (χ3v) is 2.78. The van der Waals surface area contributed by atoms with E-state index in [1.54, 1.807) is 0 Å². The molecular formula is C9H14F6OS. The van der Waals surface area contributed by atoms with E-state index in [9.17, 15) is 26.3 Å². The van der Waals surface area contributed by atoms with E-state index in [0.29, 0.717) is 5.75 Å². The molecule has 0 rings (SSSR count). The number of hydrogen-bond donors (Lipinski definition) is 0. The lowest BCUT2D eigenvalue weighted by Gasteiger charge is -2.22. The summed E-state index contributed by atoms with van der Waals surface area (Å²) in [5.41, 5.74) is 0. The second-order valence-corrected chi connectivity index (χ2v) is 4.51. The summed E-state index contributed by atoms with van der Waals surface area (Å²) in [5.74, 6) is 0.823. The molecule has 0 radical (unpaired) electrons. The first-order chi connectivity index (χ1) is 7.72. The Labute approximate surface area is 99.9 Å². The van der Waals surface area contributed by atoms with Gasteiger partial charge < -0.3 is 4.74 Å². The Morgan fingerprint density at radius 2 is 1.71 bits per heavy atom. The van der Waals surface area contributed by atoms with E-state index >= 15 is 0 Å². The van der Waals surface area contributed by atoms with Gasteiger partial charge in [-0.05, 0) is 12.2 Å². The molecule has 0 saturated carbocycles. The van der Waals surface area contributed by atoms with Crippen LogP contribution in [0.25, 0.3) is 0 Å². The molecule has 0 aromatic carbocycles. The van der Waals surface area contributed by atoms with Gasteiger partial charge in [-0.15, -0.1) is 0 Å². The molecule has 8 heteroatoms. The minimum absolute atomic E-state index is 0.111. The fourth-order valence-electron chi connectivity index (χ4n) is 0.849. The van der Waals surface area contributed by atoms with E-state index in [1.165, 1.54) is 11.8 Å². The highest BCUT2D eigenvalue weighted by molar-refractivity contribution is 7.99. The first-order valence-corrected chi connectivity index (χ1v) is 6.17. The molecule has 0 fully saturated rings. The summed E-state index contributed by atoms with van der Waals surface area (Å²) in [6.07, 6.45) is -12.9. The molecule has 0 aromatic heterocycles. The van der Waals surface area contributed by atoms with Crippen molar-refractivity contribution >= 4 is 11.8 Å². The number of alkyl halides is 6. The molecule has 1 nitrogen and oxygen atoms in total. The summed E-state index contributed by atoms with van der Waals surface area (Å²) in [4.78, 5) is 0. The second kappa shape index (κ2) is 7.35. The van der Waals surface area contributed by atoms with E-state index in [1.807, 2.05) is 6.92 Å². The first kappa shape index (κ1) is 16.9. The molecule has 0 heterocycles. The van der Waals surface area contributed by atoms with E-state index in [4.69, 9.17) is 0 Å². The lowest BCUT2D eigenvalue weighted by atomic mass is 10.3. The Balaban J connectivity index is 3.86. The summed E-state index contributed by atoms with van der Waals surface area (Å²) in [5, 5.41) is 0. The number of hydrogen-bond acceptors (Lipinski definition) is 2. The van der Waals surface area contributed by atoms with Crippen LogP contribution in [0.1, 0.15) is 19.8 Å². The largest absolute Gasteiger partial charge is 0.428 e. The van der Waals surface area contributed by atoms with Crippen LogP contribution in [0.4, 0.5) is 26.3 Å². The molecule has 0 N–H and O–H groups in total. The molecule has 0 spiro atoms. The van der Waals surface area contributed by atoms with Crippen LogP contribution < -0.4 is 0 Å². The quantitative estimate of drug-likeness (QED) is 0.491. The molecule has 1 unspecified atom stereocenters. The maximum absolute atomic E-state index is 12.6. The van der Waals surface area contributed by atoms with Gasteiger partial charge in [0, 0.05) is 5.75 Å². The molecule has 1 atom stereocenters. The third kappa shape index (κ3) is 7.03. The van der Waals surface area contributed by atoms with Gasteiger partial charge in [-0.1, -0.05) is 13.3 Å². The molecular weight excluding hydrogens is 270 g/mol. The third-order valence-electron chi connectivity index (χ3n) is 1.75. The average Bonchev–Trinajstić information content (AvgIpc) is 2.20. The lowest BCUT2D eigenvalue weighted by molar-refractivity contribution is -0.333. The highest BCUT2D eigenvalue weighted by Gasteiger charge is 2.58. The normalized spacial score (nSPS) is 15.0. The van der Waals surface area contributed by atoms with Crippen molar-refractivity contribution in [1.29, 1.82) is 0 Å². The summed E-state index contributed by atoms with van der Waals surface area (Å²) in [7, 11) is 0. The highest BCUT2D eigenvalue weighted by atomic mass is 32.2. The van der Waals surface area contributed by atoms with Gasteiger partial charge in [0.15, 0.2) is 0 Å². The average molecular weight is 284 g/mol. The van der Waals surface area contributed by atoms with Crippen molar-refractivity contribution < 1.29 is 31.1 Å². The van der Waals surface area contributed by atoms with Gasteiger partial charge in [0.25, 0.3) is 6.17 Å². The number of halogens is 6. The zero-order chi connectivity index (χ0) is 13.5. The molecule has 0 bridgehead atoms. The van der Waals surface area contributed by atoms with Crippen LogP contribution in [0.3, 0.4) is 0 Å². The SMILES string of the molecule is CCCCSCCOC(F)(F)C(F)C(F)(F)F. The maximum atomic E-state index is 12.6. The number of unbranched alkanes of at least 4 members (excludes halogenated alkanes) is 1. The van der Waals surface area contributed by atoms with Crippen molar-refractivity contribution in [2.45, 2.75) is 38.2 Å². The summed E-state index contributed by atoms with van der Waals surface area (Å²) in [6.45, 7) is 1.33.